The first-order chi connectivity index (χ1) is 7.85. The van der Waals surface area contributed by atoms with Crippen molar-refractivity contribution in [1.29, 1.82) is 0 Å². The van der Waals surface area contributed by atoms with Crippen molar-refractivity contribution in [2.75, 3.05) is 6.61 Å². The van der Waals surface area contributed by atoms with E-state index in [-0.39, 0.29) is 23.1 Å². The Morgan fingerprint density at radius 3 is 2.71 bits per heavy atom. The van der Waals surface area contributed by atoms with Crippen molar-refractivity contribution in [2.45, 2.75) is 25.8 Å². The topological polar surface area (TPSA) is 49.3 Å². The molecule has 3 nitrogen and oxygen atoms in total. The number of hydrogen-bond acceptors (Lipinski definition) is 2. The Bertz CT molecular complexity index is 421. The summed E-state index contributed by atoms with van der Waals surface area (Å²) < 4.78 is 12.8. The number of halogens is 2. The fraction of sp³-hybridized carbons (Fsp3) is 0.417. The lowest BCUT2D eigenvalue weighted by Crippen LogP contribution is -2.44. The smallest absolute Gasteiger partial charge is 0.253 e. The molecule has 94 valence electrons. The number of carbonyl (C=O) groups excluding carboxylic acids is 1. The number of aliphatic hydroxyl groups is 1. The quantitative estimate of drug-likeness (QED) is 0.872. The fourth-order valence-electron chi connectivity index (χ4n) is 1.39. The van der Waals surface area contributed by atoms with Gasteiger partial charge in [0.1, 0.15) is 5.82 Å². The molecule has 0 saturated carbocycles. The van der Waals surface area contributed by atoms with Gasteiger partial charge in [0.15, 0.2) is 0 Å². The lowest BCUT2D eigenvalue weighted by molar-refractivity contribution is 0.0899. The van der Waals surface area contributed by atoms with Crippen molar-refractivity contribution in [3.8, 4) is 0 Å². The van der Waals surface area contributed by atoms with E-state index in [9.17, 15) is 9.18 Å². The number of aliphatic hydroxyl groups excluding tert-OH is 1. The van der Waals surface area contributed by atoms with Crippen molar-refractivity contribution in [3.63, 3.8) is 0 Å². The van der Waals surface area contributed by atoms with E-state index in [1.54, 1.807) is 13.8 Å². The molecule has 1 rings (SSSR count). The summed E-state index contributed by atoms with van der Waals surface area (Å²) in [6, 6.07) is 3.61. The van der Waals surface area contributed by atoms with E-state index in [0.29, 0.717) is 6.42 Å². The average molecular weight is 260 g/mol. The van der Waals surface area contributed by atoms with Crippen LogP contribution in [-0.4, -0.2) is 23.2 Å². The summed E-state index contributed by atoms with van der Waals surface area (Å²) in [5, 5.41) is 11.6. The summed E-state index contributed by atoms with van der Waals surface area (Å²) in [5.74, 6) is -0.866. The van der Waals surface area contributed by atoms with Gasteiger partial charge in [0.2, 0.25) is 0 Å². The number of rotatable bonds is 4. The van der Waals surface area contributed by atoms with Gasteiger partial charge < -0.3 is 10.4 Å². The van der Waals surface area contributed by atoms with Gasteiger partial charge in [-0.2, -0.15) is 0 Å². The lowest BCUT2D eigenvalue weighted by Gasteiger charge is -2.25. The predicted octanol–water partition coefficient (Wildman–Crippen LogP) is 2.37. The van der Waals surface area contributed by atoms with Crippen LogP contribution in [0.3, 0.4) is 0 Å². The molecule has 0 aliphatic heterocycles. The zero-order valence-corrected chi connectivity index (χ0v) is 10.5. The highest BCUT2D eigenvalue weighted by Gasteiger charge is 2.21. The van der Waals surface area contributed by atoms with Gasteiger partial charge in [0, 0.05) is 12.1 Å². The second kappa shape index (κ2) is 5.47. The molecule has 0 atom stereocenters. The molecule has 17 heavy (non-hydrogen) atoms. The Labute approximate surface area is 105 Å². The molecule has 0 aromatic heterocycles. The SMILES string of the molecule is CC(C)(CCO)NC(=O)c1ccc(F)cc1Cl. The zero-order chi connectivity index (χ0) is 13.1. The highest BCUT2D eigenvalue weighted by Crippen LogP contribution is 2.18. The van der Waals surface area contributed by atoms with Crippen LogP contribution in [0.1, 0.15) is 30.6 Å². The van der Waals surface area contributed by atoms with Crippen LogP contribution in [0.25, 0.3) is 0 Å². The van der Waals surface area contributed by atoms with Gasteiger partial charge in [-0.3, -0.25) is 4.79 Å². The minimum absolute atomic E-state index is 0.0234. The molecular weight excluding hydrogens is 245 g/mol. The Morgan fingerprint density at radius 2 is 2.18 bits per heavy atom. The maximum Gasteiger partial charge on any atom is 0.253 e. The van der Waals surface area contributed by atoms with E-state index in [1.807, 2.05) is 0 Å². The van der Waals surface area contributed by atoms with Crippen molar-refractivity contribution < 1.29 is 14.3 Å². The van der Waals surface area contributed by atoms with Crippen molar-refractivity contribution in [3.05, 3.63) is 34.6 Å². The summed E-state index contributed by atoms with van der Waals surface area (Å²) in [6.07, 6.45) is 0.428. The molecule has 5 heteroatoms. The maximum absolute atomic E-state index is 12.8. The monoisotopic (exact) mass is 259 g/mol. The van der Waals surface area contributed by atoms with Crippen LogP contribution in [0.15, 0.2) is 18.2 Å². The highest BCUT2D eigenvalue weighted by molar-refractivity contribution is 6.33. The zero-order valence-electron chi connectivity index (χ0n) is 9.76. The number of nitrogens with one attached hydrogen (secondary N) is 1. The molecule has 1 aromatic carbocycles. The van der Waals surface area contributed by atoms with Gasteiger partial charge in [0.25, 0.3) is 5.91 Å². The Kier molecular flexibility index (Phi) is 4.48. The Hall–Kier alpha value is -1.13. The first-order valence-electron chi connectivity index (χ1n) is 5.24. The van der Waals surface area contributed by atoms with E-state index < -0.39 is 11.4 Å². The molecule has 0 aliphatic rings. The summed E-state index contributed by atoms with van der Waals surface area (Å²) in [7, 11) is 0. The first-order valence-corrected chi connectivity index (χ1v) is 5.62. The van der Waals surface area contributed by atoms with Crippen LogP contribution in [-0.2, 0) is 0 Å². The third-order valence-electron chi connectivity index (χ3n) is 2.36. The van der Waals surface area contributed by atoms with Gasteiger partial charge in [-0.05, 0) is 38.5 Å². The standard InChI is InChI=1S/C12H15ClFNO2/c1-12(2,5-6-16)15-11(17)9-4-3-8(14)7-10(9)13/h3-4,7,16H,5-6H2,1-2H3,(H,15,17). The summed E-state index contributed by atoms with van der Waals surface area (Å²) in [5.41, 5.74) is -0.317. The summed E-state index contributed by atoms with van der Waals surface area (Å²) >= 11 is 5.78. The number of hydrogen-bond donors (Lipinski definition) is 2. The van der Waals surface area contributed by atoms with Gasteiger partial charge in [-0.15, -0.1) is 0 Å². The van der Waals surface area contributed by atoms with Gasteiger partial charge in [-0.25, -0.2) is 4.39 Å². The minimum atomic E-state index is -0.538. The molecule has 0 saturated heterocycles. The third-order valence-corrected chi connectivity index (χ3v) is 2.68. The maximum atomic E-state index is 12.8. The number of amides is 1. The molecule has 1 amide bonds. The second-order valence-electron chi connectivity index (χ2n) is 4.44. The lowest BCUT2D eigenvalue weighted by atomic mass is 10.0. The Balaban J connectivity index is 2.83. The highest BCUT2D eigenvalue weighted by atomic mass is 35.5. The minimum Gasteiger partial charge on any atom is -0.396 e. The molecule has 2 N–H and O–H groups in total. The van der Waals surface area contributed by atoms with Crippen LogP contribution < -0.4 is 5.32 Å². The molecule has 0 aliphatic carbocycles. The third kappa shape index (κ3) is 3.98. The largest absolute Gasteiger partial charge is 0.396 e. The molecular formula is C12H15ClFNO2. The van der Waals surface area contributed by atoms with Crippen molar-refractivity contribution in [2.24, 2.45) is 0 Å². The van der Waals surface area contributed by atoms with Gasteiger partial charge >= 0.3 is 0 Å². The molecule has 1 aromatic rings. The molecule has 0 fully saturated rings. The van der Waals surface area contributed by atoms with Crippen molar-refractivity contribution in [1.82, 2.24) is 5.32 Å². The molecule has 0 radical (unpaired) electrons. The first kappa shape index (κ1) is 13.9. The second-order valence-corrected chi connectivity index (χ2v) is 4.84. The van der Waals surface area contributed by atoms with Gasteiger partial charge in [0.05, 0.1) is 10.6 Å². The van der Waals surface area contributed by atoms with Gasteiger partial charge in [-0.1, -0.05) is 11.6 Å². The van der Waals surface area contributed by atoms with E-state index in [0.717, 1.165) is 6.07 Å². The van der Waals surface area contributed by atoms with Crippen LogP contribution >= 0.6 is 11.6 Å². The number of benzene rings is 1. The summed E-state index contributed by atoms with van der Waals surface area (Å²) in [4.78, 5) is 11.9. The molecule has 0 bridgehead atoms. The predicted molar refractivity (Wildman–Crippen MR) is 64.7 cm³/mol. The van der Waals surface area contributed by atoms with Crippen LogP contribution in [0.2, 0.25) is 5.02 Å². The van der Waals surface area contributed by atoms with Crippen molar-refractivity contribution >= 4 is 17.5 Å². The number of carbonyl (C=O) groups is 1. The fourth-order valence-corrected chi connectivity index (χ4v) is 1.64. The Morgan fingerprint density at radius 1 is 1.53 bits per heavy atom. The van der Waals surface area contributed by atoms with Crippen LogP contribution in [0, 0.1) is 5.82 Å². The average Bonchev–Trinajstić information content (AvgIpc) is 2.15. The van der Waals surface area contributed by atoms with E-state index >= 15 is 0 Å². The normalized spacial score (nSPS) is 11.4. The van der Waals surface area contributed by atoms with Crippen LogP contribution in [0.4, 0.5) is 4.39 Å². The molecule has 0 heterocycles. The van der Waals surface area contributed by atoms with E-state index in [2.05, 4.69) is 5.32 Å². The molecule has 0 unspecified atom stereocenters. The van der Waals surface area contributed by atoms with E-state index in [4.69, 9.17) is 16.7 Å². The summed E-state index contributed by atoms with van der Waals surface area (Å²) in [6.45, 7) is 3.56. The van der Waals surface area contributed by atoms with E-state index in [1.165, 1.54) is 12.1 Å². The van der Waals surface area contributed by atoms with Crippen LogP contribution in [0.5, 0.6) is 0 Å². The molecule has 0 spiro atoms.